The maximum atomic E-state index is 11.0. The Morgan fingerprint density at radius 1 is 1.14 bits per heavy atom. The second-order valence-corrected chi connectivity index (χ2v) is 4.96. The predicted molar refractivity (Wildman–Crippen MR) is 82.9 cm³/mol. The molecule has 0 bridgehead atoms. The Labute approximate surface area is 127 Å². The van der Waals surface area contributed by atoms with Gasteiger partial charge in [-0.15, -0.1) is 0 Å². The number of aromatic hydroxyl groups is 2. The number of carbonyl (C=O) groups is 1. The molecule has 0 radical (unpaired) electrons. The number of nitrogens with one attached hydrogen (secondary N) is 2. The zero-order valence-corrected chi connectivity index (χ0v) is 12.1. The molecule has 0 atom stereocenters. The molecular weight excluding hydrogens is 292 g/mol. The number of amides is 1. The van der Waals surface area contributed by atoms with Crippen molar-refractivity contribution in [2.75, 3.05) is 10.6 Å². The van der Waals surface area contributed by atoms with Gasteiger partial charge in [-0.2, -0.15) is 0 Å². The fourth-order valence-corrected chi connectivity index (χ4v) is 2.03. The van der Waals surface area contributed by atoms with E-state index in [-0.39, 0.29) is 17.4 Å². The molecule has 1 amide bonds. The van der Waals surface area contributed by atoms with E-state index in [0.29, 0.717) is 17.3 Å². The number of hydrogen-bond donors (Lipinski definition) is 4. The van der Waals surface area contributed by atoms with Crippen LogP contribution in [0.25, 0.3) is 0 Å². The molecule has 0 aliphatic rings. The molecule has 4 N–H and O–H groups in total. The van der Waals surface area contributed by atoms with Gasteiger partial charge in [-0.05, 0) is 35.9 Å². The third-order valence-electron chi connectivity index (χ3n) is 2.82. The molecule has 21 heavy (non-hydrogen) atoms. The zero-order chi connectivity index (χ0) is 15.4. The first-order valence-electron chi connectivity index (χ1n) is 6.27. The number of rotatable bonds is 4. The molecule has 0 saturated carbocycles. The summed E-state index contributed by atoms with van der Waals surface area (Å²) < 4.78 is 0. The van der Waals surface area contributed by atoms with Crippen molar-refractivity contribution in [2.24, 2.45) is 0 Å². The molecule has 2 rings (SSSR count). The first-order valence-corrected chi connectivity index (χ1v) is 6.65. The molecule has 110 valence electrons. The second-order valence-electron chi connectivity index (χ2n) is 4.55. The van der Waals surface area contributed by atoms with Crippen LogP contribution in [-0.4, -0.2) is 16.1 Å². The molecule has 0 aromatic heterocycles. The smallest absolute Gasteiger partial charge is 0.221 e. The average molecular weight is 307 g/mol. The molecule has 6 heteroatoms. The number of benzene rings is 2. The monoisotopic (exact) mass is 306 g/mol. The summed E-state index contributed by atoms with van der Waals surface area (Å²) in [5, 5.41) is 24.9. The maximum Gasteiger partial charge on any atom is 0.221 e. The number of halogens is 1. The van der Waals surface area contributed by atoms with Crippen molar-refractivity contribution in [1.82, 2.24) is 0 Å². The van der Waals surface area contributed by atoms with E-state index in [4.69, 9.17) is 11.6 Å². The minimum Gasteiger partial charge on any atom is -0.504 e. The lowest BCUT2D eigenvalue weighted by atomic mass is 10.2. The summed E-state index contributed by atoms with van der Waals surface area (Å²) in [4.78, 5) is 11.0. The minimum atomic E-state index is -0.183. The van der Waals surface area contributed by atoms with Gasteiger partial charge in [-0.25, -0.2) is 0 Å². The van der Waals surface area contributed by atoms with E-state index in [0.717, 1.165) is 11.3 Å². The van der Waals surface area contributed by atoms with Gasteiger partial charge in [0.25, 0.3) is 0 Å². The topological polar surface area (TPSA) is 81.6 Å². The molecular formula is C15H15ClN2O3. The highest BCUT2D eigenvalue weighted by Crippen LogP contribution is 2.27. The van der Waals surface area contributed by atoms with Crippen LogP contribution >= 0.6 is 11.6 Å². The lowest BCUT2D eigenvalue weighted by Crippen LogP contribution is -2.06. The van der Waals surface area contributed by atoms with E-state index < -0.39 is 0 Å². The van der Waals surface area contributed by atoms with E-state index in [2.05, 4.69) is 10.6 Å². The fourth-order valence-electron chi connectivity index (χ4n) is 1.80. The number of anilines is 2. The van der Waals surface area contributed by atoms with E-state index in [9.17, 15) is 15.0 Å². The lowest BCUT2D eigenvalue weighted by Gasteiger charge is -2.10. The van der Waals surface area contributed by atoms with Crippen molar-refractivity contribution in [1.29, 1.82) is 0 Å². The normalized spacial score (nSPS) is 10.2. The predicted octanol–water partition coefficient (Wildman–Crippen LogP) is 3.32. The van der Waals surface area contributed by atoms with Crippen LogP contribution in [0.2, 0.25) is 5.02 Å². The van der Waals surface area contributed by atoms with Gasteiger partial charge in [0.05, 0.1) is 10.7 Å². The summed E-state index contributed by atoms with van der Waals surface area (Å²) in [6.07, 6.45) is 0. The largest absolute Gasteiger partial charge is 0.504 e. The molecule has 0 spiro atoms. The molecule has 0 unspecified atom stereocenters. The Kier molecular flexibility index (Phi) is 4.55. The van der Waals surface area contributed by atoms with Gasteiger partial charge in [0, 0.05) is 19.2 Å². The molecule has 0 aliphatic heterocycles. The second kappa shape index (κ2) is 6.37. The fraction of sp³-hybridized carbons (Fsp3) is 0.133. The highest BCUT2D eigenvalue weighted by molar-refractivity contribution is 6.34. The van der Waals surface area contributed by atoms with Gasteiger partial charge < -0.3 is 20.8 Å². The van der Waals surface area contributed by atoms with Crippen LogP contribution in [0.5, 0.6) is 11.5 Å². The Hall–Kier alpha value is -2.40. The van der Waals surface area contributed by atoms with Gasteiger partial charge in [0.15, 0.2) is 11.5 Å². The summed E-state index contributed by atoms with van der Waals surface area (Å²) >= 11 is 6.07. The molecule has 2 aromatic rings. The highest BCUT2D eigenvalue weighted by atomic mass is 35.5. The Bertz CT molecular complexity index is 674. The first-order chi connectivity index (χ1) is 9.95. The van der Waals surface area contributed by atoms with Crippen LogP contribution in [0.4, 0.5) is 11.4 Å². The van der Waals surface area contributed by atoms with Crippen molar-refractivity contribution >= 4 is 28.9 Å². The third kappa shape index (κ3) is 4.03. The van der Waals surface area contributed by atoms with Crippen molar-refractivity contribution in [3.05, 3.63) is 47.0 Å². The van der Waals surface area contributed by atoms with Crippen molar-refractivity contribution in [2.45, 2.75) is 13.5 Å². The quantitative estimate of drug-likeness (QED) is 0.653. The van der Waals surface area contributed by atoms with Gasteiger partial charge in [0.2, 0.25) is 5.91 Å². The van der Waals surface area contributed by atoms with Gasteiger partial charge in [-0.1, -0.05) is 17.7 Å². The summed E-state index contributed by atoms with van der Waals surface area (Å²) in [6.45, 7) is 1.88. The van der Waals surface area contributed by atoms with E-state index >= 15 is 0 Å². The van der Waals surface area contributed by atoms with Crippen LogP contribution in [0.1, 0.15) is 12.5 Å². The number of hydrogen-bond acceptors (Lipinski definition) is 4. The van der Waals surface area contributed by atoms with Gasteiger partial charge in [0.1, 0.15) is 0 Å². The third-order valence-corrected chi connectivity index (χ3v) is 3.13. The van der Waals surface area contributed by atoms with Crippen LogP contribution < -0.4 is 10.6 Å². The number of phenolic OH excluding ortho intramolecular Hbond substituents is 2. The summed E-state index contributed by atoms with van der Waals surface area (Å²) in [5.74, 6) is -0.494. The molecule has 0 fully saturated rings. The van der Waals surface area contributed by atoms with Crippen molar-refractivity contribution in [3.8, 4) is 11.5 Å². The van der Waals surface area contributed by atoms with Crippen molar-refractivity contribution < 1.29 is 15.0 Å². The SMILES string of the molecule is CC(=O)Nc1ccc(NCc2ccc(O)c(O)c2)cc1Cl. The Morgan fingerprint density at radius 3 is 2.52 bits per heavy atom. The van der Waals surface area contributed by atoms with Crippen LogP contribution in [0, 0.1) is 0 Å². The molecule has 2 aromatic carbocycles. The first kappa shape index (κ1) is 15.0. The average Bonchev–Trinajstić information content (AvgIpc) is 2.42. The Morgan fingerprint density at radius 2 is 1.90 bits per heavy atom. The molecule has 0 aliphatic carbocycles. The van der Waals surface area contributed by atoms with E-state index in [1.54, 1.807) is 24.3 Å². The number of carbonyl (C=O) groups excluding carboxylic acids is 1. The van der Waals surface area contributed by atoms with Crippen LogP contribution in [-0.2, 0) is 11.3 Å². The zero-order valence-electron chi connectivity index (χ0n) is 11.4. The summed E-state index contributed by atoms with van der Waals surface area (Å²) in [7, 11) is 0. The molecule has 5 nitrogen and oxygen atoms in total. The standard InChI is InChI=1S/C15H15ClN2O3/c1-9(19)18-13-4-3-11(7-12(13)16)17-8-10-2-5-14(20)15(21)6-10/h2-7,17,20-21H,8H2,1H3,(H,18,19). The van der Waals surface area contributed by atoms with Gasteiger partial charge >= 0.3 is 0 Å². The van der Waals surface area contributed by atoms with E-state index in [1.165, 1.54) is 19.1 Å². The lowest BCUT2D eigenvalue weighted by molar-refractivity contribution is -0.114. The minimum absolute atomic E-state index is 0.151. The highest BCUT2D eigenvalue weighted by Gasteiger charge is 2.04. The van der Waals surface area contributed by atoms with Gasteiger partial charge in [-0.3, -0.25) is 4.79 Å². The molecule has 0 heterocycles. The van der Waals surface area contributed by atoms with Crippen LogP contribution in [0.3, 0.4) is 0 Å². The summed E-state index contributed by atoms with van der Waals surface area (Å²) in [5.41, 5.74) is 2.14. The molecule has 0 saturated heterocycles. The Balaban J connectivity index is 2.04. The number of phenols is 2. The summed E-state index contributed by atoms with van der Waals surface area (Å²) in [6, 6.07) is 9.81. The maximum absolute atomic E-state index is 11.0. The van der Waals surface area contributed by atoms with Crippen molar-refractivity contribution in [3.63, 3.8) is 0 Å². The van der Waals surface area contributed by atoms with E-state index in [1.807, 2.05) is 0 Å². The van der Waals surface area contributed by atoms with Crippen LogP contribution in [0.15, 0.2) is 36.4 Å².